The Morgan fingerprint density at radius 2 is 2.07 bits per heavy atom. The highest BCUT2D eigenvalue weighted by Gasteiger charge is 2.22. The molecule has 0 spiro atoms. The normalized spacial score (nSPS) is 18.0. The minimum Gasteiger partial charge on any atom is -0.355 e. The van der Waals surface area contributed by atoms with E-state index < -0.39 is 0 Å². The van der Waals surface area contributed by atoms with Gasteiger partial charge in [-0.25, -0.2) is 9.98 Å². The van der Waals surface area contributed by atoms with Crippen LogP contribution in [0.25, 0.3) is 0 Å². The Morgan fingerprint density at radius 1 is 1.25 bits per heavy atom. The second kappa shape index (κ2) is 9.47. The molecule has 1 saturated heterocycles. The SMILES string of the molecule is CCN1CCCC1CNC(=NCc1nnc(C)n1C)NCc1nc(C)c(C)s1. The van der Waals surface area contributed by atoms with Crippen LogP contribution in [0.1, 0.15) is 47.0 Å². The monoisotopic (exact) mass is 404 g/mol. The van der Waals surface area contributed by atoms with Gasteiger partial charge in [-0.1, -0.05) is 6.92 Å². The predicted octanol–water partition coefficient (Wildman–Crippen LogP) is 1.92. The fraction of sp³-hybridized carbons (Fsp3) is 0.684. The minimum atomic E-state index is 0.491. The summed E-state index contributed by atoms with van der Waals surface area (Å²) < 4.78 is 1.98. The van der Waals surface area contributed by atoms with Gasteiger partial charge in [0.25, 0.3) is 0 Å². The molecule has 1 aliphatic rings. The maximum atomic E-state index is 4.75. The van der Waals surface area contributed by atoms with Crippen LogP contribution in [0, 0.1) is 20.8 Å². The van der Waals surface area contributed by atoms with E-state index in [1.54, 1.807) is 11.3 Å². The fourth-order valence-corrected chi connectivity index (χ4v) is 4.32. The van der Waals surface area contributed by atoms with Crippen molar-refractivity contribution in [3.8, 4) is 0 Å². The number of guanidine groups is 1. The Bertz CT molecular complexity index is 789. The van der Waals surface area contributed by atoms with Crippen LogP contribution >= 0.6 is 11.3 Å². The number of likely N-dealkylation sites (N-methyl/N-ethyl adjacent to an activating group) is 1. The summed E-state index contributed by atoms with van der Waals surface area (Å²) in [5.41, 5.74) is 1.10. The largest absolute Gasteiger partial charge is 0.355 e. The lowest BCUT2D eigenvalue weighted by Gasteiger charge is -2.24. The Hall–Kier alpha value is -2.00. The molecular weight excluding hydrogens is 372 g/mol. The fourth-order valence-electron chi connectivity index (χ4n) is 3.44. The van der Waals surface area contributed by atoms with Crippen molar-refractivity contribution in [2.45, 2.75) is 59.7 Å². The number of rotatable bonds is 7. The van der Waals surface area contributed by atoms with E-state index in [0.717, 1.165) is 41.4 Å². The molecule has 1 fully saturated rings. The second-order valence-corrected chi connectivity index (χ2v) is 8.58. The van der Waals surface area contributed by atoms with Crippen molar-refractivity contribution in [2.24, 2.45) is 12.0 Å². The molecule has 1 atom stereocenters. The van der Waals surface area contributed by atoms with Crippen LogP contribution in [0.5, 0.6) is 0 Å². The average Bonchev–Trinajstić information content (AvgIpc) is 3.36. The molecule has 2 aromatic heterocycles. The van der Waals surface area contributed by atoms with Crippen LogP contribution in [0.4, 0.5) is 0 Å². The Kier molecular flexibility index (Phi) is 7.01. The van der Waals surface area contributed by atoms with E-state index in [0.29, 0.717) is 19.1 Å². The lowest BCUT2D eigenvalue weighted by molar-refractivity contribution is 0.267. The summed E-state index contributed by atoms with van der Waals surface area (Å²) in [7, 11) is 1.97. The highest BCUT2D eigenvalue weighted by molar-refractivity contribution is 7.11. The standard InChI is InChI=1S/C19H32N8S/c1-6-27-9-7-8-16(27)10-20-19(21-11-17-25-24-15(4)26(17)5)22-12-18-23-13(2)14(3)28-18/h16H,6-12H2,1-5H3,(H2,20,21,22). The van der Waals surface area contributed by atoms with Gasteiger partial charge in [-0.3, -0.25) is 4.90 Å². The molecule has 0 radical (unpaired) electrons. The third-order valence-corrected chi connectivity index (χ3v) is 6.52. The van der Waals surface area contributed by atoms with Gasteiger partial charge in [-0.2, -0.15) is 0 Å². The van der Waals surface area contributed by atoms with Crippen LogP contribution in [-0.2, 0) is 20.1 Å². The highest BCUT2D eigenvalue weighted by Crippen LogP contribution is 2.17. The Labute approximate surface area is 171 Å². The summed E-state index contributed by atoms with van der Waals surface area (Å²) in [6.07, 6.45) is 2.51. The number of nitrogens with one attached hydrogen (secondary N) is 2. The molecule has 0 amide bonds. The number of aryl methyl sites for hydroxylation is 3. The van der Waals surface area contributed by atoms with Crippen LogP contribution in [-0.4, -0.2) is 56.3 Å². The molecule has 2 aromatic rings. The van der Waals surface area contributed by atoms with Crippen molar-refractivity contribution in [2.75, 3.05) is 19.6 Å². The van der Waals surface area contributed by atoms with Crippen LogP contribution in [0.3, 0.4) is 0 Å². The molecule has 3 rings (SSSR count). The van der Waals surface area contributed by atoms with E-state index in [1.165, 1.54) is 24.3 Å². The maximum Gasteiger partial charge on any atom is 0.192 e. The average molecular weight is 405 g/mol. The summed E-state index contributed by atoms with van der Waals surface area (Å²) in [4.78, 5) is 13.2. The van der Waals surface area contributed by atoms with Crippen molar-refractivity contribution in [3.05, 3.63) is 27.2 Å². The number of thiazole rings is 1. The van der Waals surface area contributed by atoms with E-state index in [-0.39, 0.29) is 0 Å². The Balaban J connectivity index is 1.65. The van der Waals surface area contributed by atoms with Gasteiger partial charge in [0.2, 0.25) is 0 Å². The molecule has 0 aromatic carbocycles. The van der Waals surface area contributed by atoms with Crippen LogP contribution in [0.15, 0.2) is 4.99 Å². The first kappa shape index (κ1) is 20.7. The lowest BCUT2D eigenvalue weighted by atomic mass is 10.2. The number of likely N-dealkylation sites (tertiary alicyclic amines) is 1. The van der Waals surface area contributed by atoms with E-state index in [2.05, 4.69) is 51.5 Å². The summed E-state index contributed by atoms with van der Waals surface area (Å²) in [5.74, 6) is 2.55. The van der Waals surface area contributed by atoms with Gasteiger partial charge in [0, 0.05) is 24.5 Å². The number of aromatic nitrogens is 4. The topological polar surface area (TPSA) is 83.3 Å². The van der Waals surface area contributed by atoms with Crippen LogP contribution < -0.4 is 10.6 Å². The summed E-state index contributed by atoms with van der Waals surface area (Å²) >= 11 is 1.73. The van der Waals surface area contributed by atoms with Crippen molar-refractivity contribution in [1.82, 2.24) is 35.3 Å². The van der Waals surface area contributed by atoms with Crippen molar-refractivity contribution < 1.29 is 0 Å². The summed E-state index contributed by atoms with van der Waals surface area (Å²) in [6.45, 7) is 12.7. The number of aliphatic imine (C=N–C) groups is 1. The Morgan fingerprint density at radius 3 is 2.71 bits per heavy atom. The molecule has 154 valence electrons. The van der Waals surface area contributed by atoms with E-state index in [1.807, 2.05) is 18.5 Å². The molecule has 9 heteroatoms. The molecule has 1 aliphatic heterocycles. The van der Waals surface area contributed by atoms with Crippen molar-refractivity contribution in [1.29, 1.82) is 0 Å². The minimum absolute atomic E-state index is 0.491. The lowest BCUT2D eigenvalue weighted by Crippen LogP contribution is -2.44. The molecule has 8 nitrogen and oxygen atoms in total. The van der Waals surface area contributed by atoms with Gasteiger partial charge in [-0.05, 0) is 46.7 Å². The van der Waals surface area contributed by atoms with E-state index in [9.17, 15) is 0 Å². The zero-order chi connectivity index (χ0) is 20.1. The van der Waals surface area contributed by atoms with Gasteiger partial charge in [-0.15, -0.1) is 21.5 Å². The smallest absolute Gasteiger partial charge is 0.192 e. The first-order valence-corrected chi connectivity index (χ1v) is 10.8. The molecule has 0 saturated carbocycles. The van der Waals surface area contributed by atoms with Crippen LogP contribution in [0.2, 0.25) is 0 Å². The van der Waals surface area contributed by atoms with Gasteiger partial charge in [0.15, 0.2) is 11.8 Å². The van der Waals surface area contributed by atoms with Gasteiger partial charge in [0.05, 0.1) is 12.2 Å². The van der Waals surface area contributed by atoms with Crippen molar-refractivity contribution >= 4 is 17.3 Å². The van der Waals surface area contributed by atoms with E-state index >= 15 is 0 Å². The van der Waals surface area contributed by atoms with Gasteiger partial charge >= 0.3 is 0 Å². The third kappa shape index (κ3) is 5.08. The number of hydrogen-bond donors (Lipinski definition) is 2. The van der Waals surface area contributed by atoms with E-state index in [4.69, 9.17) is 4.99 Å². The van der Waals surface area contributed by atoms with Crippen molar-refractivity contribution in [3.63, 3.8) is 0 Å². The zero-order valence-electron chi connectivity index (χ0n) is 17.6. The first-order chi connectivity index (χ1) is 13.5. The summed E-state index contributed by atoms with van der Waals surface area (Å²) in [6, 6.07) is 0.568. The highest BCUT2D eigenvalue weighted by atomic mass is 32.1. The molecular formula is C19H32N8S. The number of hydrogen-bond acceptors (Lipinski definition) is 6. The third-order valence-electron chi connectivity index (χ3n) is 5.45. The maximum absolute atomic E-state index is 4.75. The molecule has 1 unspecified atom stereocenters. The zero-order valence-corrected chi connectivity index (χ0v) is 18.4. The molecule has 0 aliphatic carbocycles. The molecule has 28 heavy (non-hydrogen) atoms. The quantitative estimate of drug-likeness (QED) is 0.542. The number of nitrogens with zero attached hydrogens (tertiary/aromatic N) is 6. The first-order valence-electron chi connectivity index (χ1n) is 10.0. The van der Waals surface area contributed by atoms with Gasteiger partial charge in [0.1, 0.15) is 17.4 Å². The molecule has 3 heterocycles. The molecule has 0 bridgehead atoms. The van der Waals surface area contributed by atoms with Gasteiger partial charge < -0.3 is 15.2 Å². The predicted molar refractivity (Wildman–Crippen MR) is 114 cm³/mol. The molecule has 2 N–H and O–H groups in total. The summed E-state index contributed by atoms with van der Waals surface area (Å²) in [5, 5.41) is 16.4. The second-order valence-electron chi connectivity index (χ2n) is 7.30.